The number of rotatable bonds is 6. The summed E-state index contributed by atoms with van der Waals surface area (Å²) in [7, 11) is 4.71. The van der Waals surface area contributed by atoms with Gasteiger partial charge in [-0.3, -0.25) is 4.79 Å². The van der Waals surface area contributed by atoms with E-state index in [0.29, 0.717) is 22.6 Å². The largest absolute Gasteiger partial charge is 0.497 e. The van der Waals surface area contributed by atoms with Crippen molar-refractivity contribution in [3.05, 3.63) is 59.2 Å². The van der Waals surface area contributed by atoms with Gasteiger partial charge in [0.15, 0.2) is 0 Å². The van der Waals surface area contributed by atoms with E-state index in [4.69, 9.17) is 18.9 Å². The minimum absolute atomic E-state index is 0.243. The van der Waals surface area contributed by atoms with E-state index in [0.717, 1.165) is 11.3 Å². The molecule has 2 aromatic rings. The Morgan fingerprint density at radius 1 is 1.00 bits per heavy atom. The van der Waals surface area contributed by atoms with Gasteiger partial charge >= 0.3 is 5.97 Å². The number of ether oxygens (including phenoxy) is 4. The monoisotopic (exact) mass is 370 g/mol. The third-order valence-corrected chi connectivity index (χ3v) is 4.57. The summed E-state index contributed by atoms with van der Waals surface area (Å²) in [4.78, 5) is 12.0. The van der Waals surface area contributed by atoms with Crippen molar-refractivity contribution in [2.24, 2.45) is 5.92 Å². The highest BCUT2D eigenvalue weighted by atomic mass is 16.5. The third-order valence-electron chi connectivity index (χ3n) is 4.57. The normalized spacial score (nSPS) is 20.5. The molecule has 6 heteroatoms. The summed E-state index contributed by atoms with van der Waals surface area (Å²) < 4.78 is 21.6. The number of benzene rings is 2. The molecule has 0 spiro atoms. The predicted molar refractivity (Wildman–Crippen MR) is 100 cm³/mol. The summed E-state index contributed by atoms with van der Waals surface area (Å²) in [6.45, 7) is 0.243. The van der Waals surface area contributed by atoms with Crippen LogP contribution in [0.2, 0.25) is 0 Å². The Kier molecular flexibility index (Phi) is 5.66. The molecule has 27 heavy (non-hydrogen) atoms. The first kappa shape index (κ1) is 18.8. The van der Waals surface area contributed by atoms with Crippen LogP contribution in [-0.2, 0) is 9.53 Å². The number of hydrogen-bond acceptors (Lipinski definition) is 5. The molecule has 6 nitrogen and oxygen atoms in total. The van der Waals surface area contributed by atoms with E-state index in [2.05, 4.69) is 0 Å². The Labute approximate surface area is 157 Å². The van der Waals surface area contributed by atoms with E-state index < -0.39 is 18.0 Å². The zero-order chi connectivity index (χ0) is 19.4. The molecule has 0 amide bonds. The molecule has 1 aliphatic heterocycles. The maximum Gasteiger partial charge on any atom is 0.313 e. The van der Waals surface area contributed by atoms with Gasteiger partial charge < -0.3 is 24.1 Å². The highest BCUT2D eigenvalue weighted by Gasteiger charge is 2.39. The molecule has 0 saturated carbocycles. The second-order valence-corrected chi connectivity index (χ2v) is 6.19. The highest BCUT2D eigenvalue weighted by Crippen LogP contribution is 2.41. The van der Waals surface area contributed by atoms with Crippen LogP contribution in [0.1, 0.15) is 17.2 Å². The van der Waals surface area contributed by atoms with Crippen LogP contribution < -0.4 is 14.2 Å². The molecule has 1 aliphatic rings. The van der Waals surface area contributed by atoms with Gasteiger partial charge in [0.05, 0.1) is 27.9 Å². The van der Waals surface area contributed by atoms with E-state index in [-0.39, 0.29) is 6.61 Å². The van der Waals surface area contributed by atoms with Crippen molar-refractivity contribution in [1.29, 1.82) is 0 Å². The van der Waals surface area contributed by atoms with Crippen LogP contribution in [0.3, 0.4) is 0 Å². The Hall–Kier alpha value is -2.99. The van der Waals surface area contributed by atoms with Crippen LogP contribution >= 0.6 is 0 Å². The van der Waals surface area contributed by atoms with Crippen LogP contribution in [0, 0.1) is 5.92 Å². The molecule has 142 valence electrons. The fraction of sp³-hybridized carbons (Fsp3) is 0.286. The molecule has 0 radical (unpaired) electrons. The average molecular weight is 370 g/mol. The minimum atomic E-state index is -0.931. The third kappa shape index (κ3) is 4.06. The van der Waals surface area contributed by atoms with Crippen LogP contribution in [0.15, 0.2) is 48.0 Å². The molecular weight excluding hydrogens is 348 g/mol. The van der Waals surface area contributed by atoms with E-state index in [1.165, 1.54) is 0 Å². The van der Waals surface area contributed by atoms with E-state index in [9.17, 15) is 9.90 Å². The molecule has 0 bridgehead atoms. The van der Waals surface area contributed by atoms with Crippen molar-refractivity contribution in [2.45, 2.75) is 6.10 Å². The summed E-state index contributed by atoms with van der Waals surface area (Å²) in [5.74, 6) is 0.202. The first-order valence-corrected chi connectivity index (χ1v) is 8.47. The number of carboxylic acid groups (broad SMARTS) is 1. The SMILES string of the molecule is COc1ccc(/C=C2\CO[C@@H](c3cc(OC)cc(OC)c3)[C@@H]2C(=O)O)cc1. The Morgan fingerprint density at radius 3 is 2.11 bits per heavy atom. The van der Waals surface area contributed by atoms with Crippen molar-refractivity contribution < 1.29 is 28.8 Å². The van der Waals surface area contributed by atoms with Gasteiger partial charge in [-0.05, 0) is 41.0 Å². The van der Waals surface area contributed by atoms with Crippen LogP contribution in [0.4, 0.5) is 0 Å². The first-order valence-electron chi connectivity index (χ1n) is 8.47. The van der Waals surface area contributed by atoms with E-state index in [1.807, 2.05) is 30.3 Å². The number of hydrogen-bond donors (Lipinski definition) is 1. The first-order chi connectivity index (χ1) is 13.0. The predicted octanol–water partition coefficient (Wildman–Crippen LogP) is 3.57. The summed E-state index contributed by atoms with van der Waals surface area (Å²) in [6, 6.07) is 12.7. The van der Waals surface area contributed by atoms with Gasteiger partial charge in [0.25, 0.3) is 0 Å². The fourth-order valence-corrected chi connectivity index (χ4v) is 3.18. The van der Waals surface area contributed by atoms with Crippen molar-refractivity contribution in [3.8, 4) is 17.2 Å². The number of carbonyl (C=O) groups is 1. The summed E-state index contributed by atoms with van der Waals surface area (Å²) in [5.41, 5.74) is 2.31. The highest BCUT2D eigenvalue weighted by molar-refractivity contribution is 5.78. The Balaban J connectivity index is 1.94. The fourth-order valence-electron chi connectivity index (χ4n) is 3.18. The van der Waals surface area contributed by atoms with Crippen LogP contribution in [0.25, 0.3) is 6.08 Å². The zero-order valence-corrected chi connectivity index (χ0v) is 15.5. The maximum absolute atomic E-state index is 12.0. The lowest BCUT2D eigenvalue weighted by Gasteiger charge is -2.17. The average Bonchev–Trinajstić information content (AvgIpc) is 3.12. The topological polar surface area (TPSA) is 74.2 Å². The molecule has 0 aromatic heterocycles. The zero-order valence-electron chi connectivity index (χ0n) is 15.5. The molecule has 1 saturated heterocycles. The van der Waals surface area contributed by atoms with Gasteiger partial charge in [-0.25, -0.2) is 0 Å². The van der Waals surface area contributed by atoms with Gasteiger partial charge in [0, 0.05) is 6.07 Å². The lowest BCUT2D eigenvalue weighted by atomic mass is 9.90. The molecule has 1 fully saturated rings. The number of methoxy groups -OCH3 is 3. The number of aliphatic carboxylic acids is 1. The van der Waals surface area contributed by atoms with Gasteiger partial charge in [-0.15, -0.1) is 0 Å². The minimum Gasteiger partial charge on any atom is -0.497 e. The van der Waals surface area contributed by atoms with Gasteiger partial charge in [0.2, 0.25) is 0 Å². The molecular formula is C21H22O6. The second kappa shape index (κ2) is 8.14. The van der Waals surface area contributed by atoms with Crippen molar-refractivity contribution in [3.63, 3.8) is 0 Å². The molecule has 0 unspecified atom stereocenters. The standard InChI is InChI=1S/C21H22O6/c1-24-16-6-4-13(5-7-16)8-15-12-27-20(19(15)21(22)23)14-9-17(25-2)11-18(10-14)26-3/h4-11,19-20H,12H2,1-3H3,(H,22,23)/b15-8+/t19-,20+/m1/s1. The van der Waals surface area contributed by atoms with Crippen molar-refractivity contribution in [2.75, 3.05) is 27.9 Å². The summed E-state index contributed by atoms with van der Waals surface area (Å²) in [6.07, 6.45) is 1.24. The molecule has 1 N–H and O–H groups in total. The second-order valence-electron chi connectivity index (χ2n) is 6.19. The van der Waals surface area contributed by atoms with Crippen molar-refractivity contribution in [1.82, 2.24) is 0 Å². The lowest BCUT2D eigenvalue weighted by molar-refractivity contribution is -0.142. The summed E-state index contributed by atoms with van der Waals surface area (Å²) >= 11 is 0. The smallest absolute Gasteiger partial charge is 0.313 e. The van der Waals surface area contributed by atoms with E-state index >= 15 is 0 Å². The van der Waals surface area contributed by atoms with Gasteiger partial charge in [0.1, 0.15) is 29.3 Å². The quantitative estimate of drug-likeness (QED) is 0.838. The summed E-state index contributed by atoms with van der Waals surface area (Å²) in [5, 5.41) is 9.83. The number of carboxylic acids is 1. The lowest BCUT2D eigenvalue weighted by Crippen LogP contribution is -2.19. The van der Waals surface area contributed by atoms with Gasteiger partial charge in [-0.2, -0.15) is 0 Å². The van der Waals surface area contributed by atoms with Gasteiger partial charge in [-0.1, -0.05) is 18.2 Å². The molecule has 0 aliphatic carbocycles. The van der Waals surface area contributed by atoms with Crippen molar-refractivity contribution >= 4 is 12.0 Å². The van der Waals surface area contributed by atoms with Crippen LogP contribution in [0.5, 0.6) is 17.2 Å². The van der Waals surface area contributed by atoms with Crippen LogP contribution in [-0.4, -0.2) is 39.0 Å². The molecule has 1 heterocycles. The maximum atomic E-state index is 12.0. The Morgan fingerprint density at radius 2 is 1.59 bits per heavy atom. The molecule has 3 rings (SSSR count). The Bertz CT molecular complexity index is 818. The molecule has 2 aromatic carbocycles. The molecule has 2 atom stereocenters. The van der Waals surface area contributed by atoms with E-state index in [1.54, 1.807) is 39.5 Å².